The van der Waals surface area contributed by atoms with E-state index in [4.69, 9.17) is 10.00 Å². The molecule has 0 amide bonds. The second-order valence-electron chi connectivity index (χ2n) is 7.07. The fourth-order valence-electron chi connectivity index (χ4n) is 3.05. The lowest BCUT2D eigenvalue weighted by molar-refractivity contribution is 0.102. The number of Topliss-reactive ketones (excluding diaryl/α,β-unsaturated/α-hetero) is 1. The molecule has 27 heavy (non-hydrogen) atoms. The van der Waals surface area contributed by atoms with Crippen LogP contribution in [-0.2, 0) is 0 Å². The number of ether oxygens (including phenoxy) is 1. The number of thioether (sulfide) groups is 1. The van der Waals surface area contributed by atoms with E-state index in [1.807, 2.05) is 17.5 Å². The molecule has 4 heteroatoms. The standard InChI is InChI=1S/C23H35NO2S/c1-2-3-4-5-6-7-8-9-10-11-12-13-18-26-22-16-14-21(15-17-22)23(25)19-27-20-24/h14-17H,2-13,18-19H2,1H3. The molecule has 0 heterocycles. The Morgan fingerprint density at radius 2 is 1.41 bits per heavy atom. The van der Waals surface area contributed by atoms with Gasteiger partial charge in [-0.15, -0.1) is 0 Å². The Morgan fingerprint density at radius 1 is 0.889 bits per heavy atom. The summed E-state index contributed by atoms with van der Waals surface area (Å²) in [4.78, 5) is 11.8. The summed E-state index contributed by atoms with van der Waals surface area (Å²) in [6.07, 6.45) is 16.1. The Morgan fingerprint density at radius 3 is 1.93 bits per heavy atom. The number of nitrogens with zero attached hydrogens (tertiary/aromatic N) is 1. The highest BCUT2D eigenvalue weighted by molar-refractivity contribution is 8.04. The fourth-order valence-corrected chi connectivity index (χ4v) is 3.41. The third-order valence-electron chi connectivity index (χ3n) is 4.71. The van der Waals surface area contributed by atoms with Crippen LogP contribution in [0.25, 0.3) is 0 Å². The molecular formula is C23H35NO2S. The van der Waals surface area contributed by atoms with Gasteiger partial charge in [0, 0.05) is 5.56 Å². The monoisotopic (exact) mass is 389 g/mol. The van der Waals surface area contributed by atoms with Crippen LogP contribution in [0.15, 0.2) is 24.3 Å². The van der Waals surface area contributed by atoms with E-state index in [1.54, 1.807) is 12.1 Å². The first-order valence-corrected chi connectivity index (χ1v) is 11.5. The summed E-state index contributed by atoms with van der Waals surface area (Å²) in [5, 5.41) is 10.4. The number of carbonyl (C=O) groups excluding carboxylic acids is 1. The second kappa shape index (κ2) is 16.7. The molecule has 1 aromatic rings. The van der Waals surface area contributed by atoms with Crippen LogP contribution in [0.2, 0.25) is 0 Å². The molecule has 0 unspecified atom stereocenters. The van der Waals surface area contributed by atoms with Gasteiger partial charge in [0.2, 0.25) is 0 Å². The number of nitriles is 1. The summed E-state index contributed by atoms with van der Waals surface area (Å²) in [6.45, 7) is 3.00. The van der Waals surface area contributed by atoms with Crippen molar-refractivity contribution in [3.05, 3.63) is 29.8 Å². The minimum absolute atomic E-state index is 0.0194. The van der Waals surface area contributed by atoms with Crippen LogP contribution in [0.5, 0.6) is 5.75 Å². The SMILES string of the molecule is CCCCCCCCCCCCCCOc1ccc(C(=O)CSC#N)cc1. The summed E-state index contributed by atoms with van der Waals surface area (Å²) in [5.74, 6) is 0.992. The molecule has 0 bridgehead atoms. The van der Waals surface area contributed by atoms with Gasteiger partial charge in [0.15, 0.2) is 5.78 Å². The molecule has 0 aliphatic carbocycles. The maximum atomic E-state index is 11.8. The first-order valence-electron chi connectivity index (χ1n) is 10.5. The molecular weight excluding hydrogens is 354 g/mol. The van der Waals surface area contributed by atoms with E-state index in [0.717, 1.165) is 30.5 Å². The number of rotatable bonds is 17. The van der Waals surface area contributed by atoms with Crippen molar-refractivity contribution in [1.82, 2.24) is 0 Å². The van der Waals surface area contributed by atoms with Gasteiger partial charge in [-0.25, -0.2) is 0 Å². The van der Waals surface area contributed by atoms with E-state index in [9.17, 15) is 4.79 Å². The minimum Gasteiger partial charge on any atom is -0.494 e. The summed E-state index contributed by atoms with van der Waals surface area (Å²) in [7, 11) is 0. The predicted molar refractivity (Wildman–Crippen MR) is 115 cm³/mol. The number of hydrogen-bond donors (Lipinski definition) is 0. The van der Waals surface area contributed by atoms with Gasteiger partial charge in [0.1, 0.15) is 11.2 Å². The van der Waals surface area contributed by atoms with Crippen LogP contribution in [0.1, 0.15) is 94.3 Å². The van der Waals surface area contributed by atoms with E-state index in [2.05, 4.69) is 6.92 Å². The molecule has 3 nitrogen and oxygen atoms in total. The lowest BCUT2D eigenvalue weighted by atomic mass is 10.1. The number of thiocyanates is 1. The zero-order valence-corrected chi connectivity index (χ0v) is 17.7. The van der Waals surface area contributed by atoms with Crippen LogP contribution >= 0.6 is 11.8 Å². The Labute approximate surface area is 169 Å². The highest BCUT2D eigenvalue weighted by Gasteiger charge is 2.05. The zero-order chi connectivity index (χ0) is 19.6. The van der Waals surface area contributed by atoms with Crippen LogP contribution in [-0.4, -0.2) is 18.1 Å². The Bertz CT molecular complexity index is 536. The Balaban J connectivity index is 1.96. The maximum Gasteiger partial charge on any atom is 0.173 e. The highest BCUT2D eigenvalue weighted by atomic mass is 32.2. The molecule has 150 valence electrons. The largest absolute Gasteiger partial charge is 0.494 e. The molecule has 0 atom stereocenters. The normalized spacial score (nSPS) is 10.5. The van der Waals surface area contributed by atoms with Gasteiger partial charge < -0.3 is 4.74 Å². The summed E-state index contributed by atoms with van der Waals surface area (Å²) in [6, 6.07) is 7.23. The van der Waals surface area contributed by atoms with Crippen molar-refractivity contribution < 1.29 is 9.53 Å². The number of benzene rings is 1. The van der Waals surface area contributed by atoms with Gasteiger partial charge in [-0.3, -0.25) is 4.79 Å². The van der Waals surface area contributed by atoms with Crippen LogP contribution < -0.4 is 4.74 Å². The van der Waals surface area contributed by atoms with Crippen molar-refractivity contribution >= 4 is 17.5 Å². The molecule has 1 aromatic carbocycles. The fraction of sp³-hybridized carbons (Fsp3) is 0.652. The van der Waals surface area contributed by atoms with Crippen molar-refractivity contribution in [2.45, 2.75) is 84.0 Å². The molecule has 0 aromatic heterocycles. The molecule has 0 fully saturated rings. The molecule has 0 aliphatic heterocycles. The third kappa shape index (κ3) is 12.5. The smallest absolute Gasteiger partial charge is 0.173 e. The quantitative estimate of drug-likeness (QED) is 0.161. The number of hydrogen-bond acceptors (Lipinski definition) is 4. The molecule has 0 spiro atoms. The Kier molecular flexibility index (Phi) is 14.6. The topological polar surface area (TPSA) is 50.1 Å². The first kappa shape index (κ1) is 23.6. The van der Waals surface area contributed by atoms with E-state index in [1.165, 1.54) is 70.6 Å². The molecule has 1 rings (SSSR count). The van der Waals surface area contributed by atoms with Gasteiger partial charge >= 0.3 is 0 Å². The summed E-state index contributed by atoms with van der Waals surface area (Å²) >= 11 is 0.971. The number of ketones is 1. The second-order valence-corrected chi connectivity index (χ2v) is 7.82. The average Bonchev–Trinajstić information content (AvgIpc) is 2.70. The maximum absolute atomic E-state index is 11.8. The molecule has 0 saturated heterocycles. The molecule has 0 aliphatic rings. The molecule has 0 saturated carbocycles. The number of unbranched alkanes of at least 4 members (excludes halogenated alkanes) is 11. The van der Waals surface area contributed by atoms with Gasteiger partial charge in [0.05, 0.1) is 12.4 Å². The van der Waals surface area contributed by atoms with Crippen LogP contribution in [0, 0.1) is 10.7 Å². The van der Waals surface area contributed by atoms with Crippen molar-refractivity contribution in [2.75, 3.05) is 12.4 Å². The predicted octanol–water partition coefficient (Wildman–Crippen LogP) is 7.16. The van der Waals surface area contributed by atoms with Crippen molar-refractivity contribution in [3.63, 3.8) is 0 Å². The zero-order valence-electron chi connectivity index (χ0n) is 16.9. The Hall–Kier alpha value is -1.47. The van der Waals surface area contributed by atoms with E-state index < -0.39 is 0 Å². The van der Waals surface area contributed by atoms with Gasteiger partial charge in [-0.05, 0) is 42.4 Å². The van der Waals surface area contributed by atoms with Gasteiger partial charge in [-0.2, -0.15) is 5.26 Å². The minimum atomic E-state index is -0.0194. The third-order valence-corrected chi connectivity index (χ3v) is 5.25. The lowest BCUT2D eigenvalue weighted by Crippen LogP contribution is -2.02. The van der Waals surface area contributed by atoms with Crippen molar-refractivity contribution in [3.8, 4) is 11.2 Å². The van der Waals surface area contributed by atoms with E-state index >= 15 is 0 Å². The highest BCUT2D eigenvalue weighted by Crippen LogP contribution is 2.15. The summed E-state index contributed by atoms with van der Waals surface area (Å²) < 4.78 is 5.74. The van der Waals surface area contributed by atoms with E-state index in [-0.39, 0.29) is 11.5 Å². The van der Waals surface area contributed by atoms with Crippen LogP contribution in [0.4, 0.5) is 0 Å². The molecule has 0 N–H and O–H groups in total. The first-order chi connectivity index (χ1) is 13.3. The van der Waals surface area contributed by atoms with Crippen molar-refractivity contribution in [2.24, 2.45) is 0 Å². The molecule has 0 radical (unpaired) electrons. The van der Waals surface area contributed by atoms with Crippen molar-refractivity contribution in [1.29, 1.82) is 5.26 Å². The lowest BCUT2D eigenvalue weighted by Gasteiger charge is -2.07. The summed E-state index contributed by atoms with van der Waals surface area (Å²) in [5.41, 5.74) is 0.635. The van der Waals surface area contributed by atoms with Crippen LogP contribution in [0.3, 0.4) is 0 Å². The number of carbonyl (C=O) groups is 1. The van der Waals surface area contributed by atoms with E-state index in [0.29, 0.717) is 5.56 Å². The van der Waals surface area contributed by atoms with Gasteiger partial charge in [-0.1, -0.05) is 77.6 Å². The average molecular weight is 390 g/mol. The van der Waals surface area contributed by atoms with Gasteiger partial charge in [0.25, 0.3) is 0 Å².